The van der Waals surface area contributed by atoms with Gasteiger partial charge in [0.25, 0.3) is 5.91 Å². The molecule has 3 N–H and O–H groups in total. The summed E-state index contributed by atoms with van der Waals surface area (Å²) >= 11 is 0. The van der Waals surface area contributed by atoms with Crippen molar-refractivity contribution < 1.29 is 9.53 Å². The highest BCUT2D eigenvalue weighted by molar-refractivity contribution is 5.95. The van der Waals surface area contributed by atoms with Crippen LogP contribution in [0.4, 0.5) is 5.69 Å². The maximum absolute atomic E-state index is 12.1. The van der Waals surface area contributed by atoms with Gasteiger partial charge in [-0.1, -0.05) is 12.5 Å². The summed E-state index contributed by atoms with van der Waals surface area (Å²) in [7, 11) is 1.72. The van der Waals surface area contributed by atoms with Crippen LogP contribution >= 0.6 is 12.4 Å². The fourth-order valence-corrected chi connectivity index (χ4v) is 2.56. The lowest BCUT2D eigenvalue weighted by Crippen LogP contribution is -2.42. The van der Waals surface area contributed by atoms with Crippen molar-refractivity contribution in [1.82, 2.24) is 5.32 Å². The van der Waals surface area contributed by atoms with Crippen LogP contribution in [0.15, 0.2) is 24.3 Å². The van der Waals surface area contributed by atoms with Crippen molar-refractivity contribution in [3.05, 3.63) is 29.8 Å². The lowest BCUT2D eigenvalue weighted by Gasteiger charge is -2.42. The number of benzene rings is 1. The third kappa shape index (κ3) is 4.12. The van der Waals surface area contributed by atoms with Crippen molar-refractivity contribution in [3.63, 3.8) is 0 Å². The molecule has 0 spiro atoms. The maximum atomic E-state index is 12.1. The van der Waals surface area contributed by atoms with Crippen LogP contribution in [0, 0.1) is 5.41 Å². The van der Waals surface area contributed by atoms with Gasteiger partial charge in [0.05, 0.1) is 0 Å². The third-order valence-corrected chi connectivity index (χ3v) is 4.02. The summed E-state index contributed by atoms with van der Waals surface area (Å²) in [4.78, 5) is 12.1. The molecule has 1 aliphatic carbocycles. The molecule has 2 rings (SSSR count). The minimum absolute atomic E-state index is 0. The molecule has 0 bridgehead atoms. The van der Waals surface area contributed by atoms with Crippen molar-refractivity contribution >= 4 is 24.0 Å². The number of amides is 1. The number of carbonyl (C=O) groups is 1. The van der Waals surface area contributed by atoms with Gasteiger partial charge in [-0.15, -0.1) is 12.4 Å². The van der Waals surface area contributed by atoms with E-state index in [1.165, 1.54) is 19.3 Å². The van der Waals surface area contributed by atoms with E-state index >= 15 is 0 Å². The predicted octanol–water partition coefficient (Wildman–Crippen LogP) is 2.63. The molecule has 0 unspecified atom stereocenters. The molecule has 1 fully saturated rings. The minimum atomic E-state index is -0.0454. The number of hydrogen-bond acceptors (Lipinski definition) is 3. The van der Waals surface area contributed by atoms with Crippen molar-refractivity contribution in [3.8, 4) is 0 Å². The van der Waals surface area contributed by atoms with Gasteiger partial charge in [-0.05, 0) is 42.9 Å². The zero-order valence-electron chi connectivity index (χ0n) is 11.9. The van der Waals surface area contributed by atoms with Crippen molar-refractivity contribution in [2.75, 3.05) is 26.0 Å². The monoisotopic (exact) mass is 298 g/mol. The number of carbonyl (C=O) groups excluding carboxylic acids is 1. The lowest BCUT2D eigenvalue weighted by molar-refractivity contribution is 0.0631. The molecule has 0 aromatic heterocycles. The summed E-state index contributed by atoms with van der Waals surface area (Å²) < 4.78 is 5.15. The van der Waals surface area contributed by atoms with E-state index in [0.29, 0.717) is 11.3 Å². The van der Waals surface area contributed by atoms with E-state index in [1.54, 1.807) is 31.4 Å². The highest BCUT2D eigenvalue weighted by Crippen LogP contribution is 2.43. The van der Waals surface area contributed by atoms with Crippen LogP contribution in [-0.4, -0.2) is 26.2 Å². The zero-order chi connectivity index (χ0) is 13.7. The van der Waals surface area contributed by atoms with Gasteiger partial charge in [-0.3, -0.25) is 4.79 Å². The van der Waals surface area contributed by atoms with Crippen molar-refractivity contribution in [1.29, 1.82) is 0 Å². The van der Waals surface area contributed by atoms with Crippen LogP contribution in [0.25, 0.3) is 0 Å². The SMILES string of the molecule is COCCC1(CNC(=O)c2cccc(N)c2)CCC1.Cl. The molecular formula is C15H23ClN2O2. The molecule has 20 heavy (non-hydrogen) atoms. The normalized spacial score (nSPS) is 15.8. The summed E-state index contributed by atoms with van der Waals surface area (Å²) in [5, 5.41) is 3.03. The molecule has 0 saturated heterocycles. The Morgan fingerprint density at radius 1 is 1.45 bits per heavy atom. The topological polar surface area (TPSA) is 64.3 Å². The number of methoxy groups -OCH3 is 1. The predicted molar refractivity (Wildman–Crippen MR) is 83.2 cm³/mol. The molecule has 4 nitrogen and oxygen atoms in total. The molecule has 1 aromatic rings. The second kappa shape index (κ2) is 7.50. The van der Waals surface area contributed by atoms with Gasteiger partial charge in [0, 0.05) is 31.5 Å². The molecule has 0 aliphatic heterocycles. The van der Waals surface area contributed by atoms with Crippen LogP contribution in [0.2, 0.25) is 0 Å². The van der Waals surface area contributed by atoms with E-state index in [0.717, 1.165) is 19.6 Å². The number of hydrogen-bond donors (Lipinski definition) is 2. The van der Waals surface area contributed by atoms with Gasteiger partial charge < -0.3 is 15.8 Å². The fraction of sp³-hybridized carbons (Fsp3) is 0.533. The number of anilines is 1. The van der Waals surface area contributed by atoms with E-state index in [4.69, 9.17) is 10.5 Å². The second-order valence-electron chi connectivity index (χ2n) is 5.40. The fourth-order valence-electron chi connectivity index (χ4n) is 2.56. The van der Waals surface area contributed by atoms with Crippen LogP contribution < -0.4 is 11.1 Å². The molecule has 5 heteroatoms. The average molecular weight is 299 g/mol. The van der Waals surface area contributed by atoms with Crippen LogP contribution in [0.3, 0.4) is 0 Å². The maximum Gasteiger partial charge on any atom is 0.251 e. The Kier molecular flexibility index (Phi) is 6.30. The first-order chi connectivity index (χ1) is 9.15. The molecule has 1 amide bonds. The second-order valence-corrected chi connectivity index (χ2v) is 5.40. The quantitative estimate of drug-likeness (QED) is 0.794. The highest BCUT2D eigenvalue weighted by Gasteiger charge is 2.36. The molecular weight excluding hydrogens is 276 g/mol. The molecule has 0 atom stereocenters. The Balaban J connectivity index is 0.00000200. The third-order valence-electron chi connectivity index (χ3n) is 4.02. The van der Waals surface area contributed by atoms with E-state index in [2.05, 4.69) is 5.32 Å². The van der Waals surface area contributed by atoms with E-state index in [-0.39, 0.29) is 23.7 Å². The van der Waals surface area contributed by atoms with Crippen LogP contribution in [0.5, 0.6) is 0 Å². The summed E-state index contributed by atoms with van der Waals surface area (Å²) in [5.41, 5.74) is 7.17. The highest BCUT2D eigenvalue weighted by atomic mass is 35.5. The van der Waals surface area contributed by atoms with E-state index in [1.807, 2.05) is 0 Å². The van der Waals surface area contributed by atoms with Crippen molar-refractivity contribution in [2.24, 2.45) is 5.41 Å². The summed E-state index contributed by atoms with van der Waals surface area (Å²) in [6, 6.07) is 7.07. The Morgan fingerprint density at radius 2 is 2.20 bits per heavy atom. The standard InChI is InChI=1S/C15H22N2O2.ClH/c1-19-9-8-15(6-3-7-15)11-17-14(18)12-4-2-5-13(16)10-12;/h2,4-5,10H,3,6-9,11,16H2,1H3,(H,17,18);1H. The molecule has 1 saturated carbocycles. The number of halogens is 1. The number of ether oxygens (including phenoxy) is 1. The lowest BCUT2D eigenvalue weighted by atomic mass is 9.66. The first kappa shape index (κ1) is 16.8. The Hall–Kier alpha value is -1.26. The van der Waals surface area contributed by atoms with Gasteiger partial charge in [-0.2, -0.15) is 0 Å². The van der Waals surface area contributed by atoms with Gasteiger partial charge in [-0.25, -0.2) is 0 Å². The zero-order valence-corrected chi connectivity index (χ0v) is 12.7. The number of nitrogen functional groups attached to an aromatic ring is 1. The van der Waals surface area contributed by atoms with Crippen molar-refractivity contribution in [2.45, 2.75) is 25.7 Å². The van der Waals surface area contributed by atoms with Gasteiger partial charge in [0.1, 0.15) is 0 Å². The van der Waals surface area contributed by atoms with Gasteiger partial charge >= 0.3 is 0 Å². The van der Waals surface area contributed by atoms with Crippen LogP contribution in [0.1, 0.15) is 36.0 Å². The number of nitrogens with one attached hydrogen (secondary N) is 1. The molecule has 0 heterocycles. The van der Waals surface area contributed by atoms with Gasteiger partial charge in [0.15, 0.2) is 0 Å². The van der Waals surface area contributed by atoms with E-state index < -0.39 is 0 Å². The number of rotatable bonds is 6. The smallest absolute Gasteiger partial charge is 0.251 e. The van der Waals surface area contributed by atoms with Gasteiger partial charge in [0.2, 0.25) is 0 Å². The molecule has 112 valence electrons. The summed E-state index contributed by atoms with van der Waals surface area (Å²) in [6.07, 6.45) is 4.61. The molecule has 0 radical (unpaired) electrons. The first-order valence-corrected chi connectivity index (χ1v) is 6.78. The Morgan fingerprint density at radius 3 is 2.75 bits per heavy atom. The summed E-state index contributed by atoms with van der Waals surface area (Å²) in [6.45, 7) is 1.48. The average Bonchev–Trinajstić information content (AvgIpc) is 2.37. The minimum Gasteiger partial charge on any atom is -0.399 e. The first-order valence-electron chi connectivity index (χ1n) is 6.78. The molecule has 1 aliphatic rings. The summed E-state index contributed by atoms with van der Waals surface area (Å²) in [5.74, 6) is -0.0454. The Bertz CT molecular complexity index is 447. The van der Waals surface area contributed by atoms with E-state index in [9.17, 15) is 4.79 Å². The van der Waals surface area contributed by atoms with Crippen LogP contribution in [-0.2, 0) is 4.74 Å². The Labute approximate surface area is 126 Å². The number of nitrogens with two attached hydrogens (primary N) is 1. The largest absolute Gasteiger partial charge is 0.399 e. The molecule has 1 aromatic carbocycles.